The molecule has 100 valence electrons. The lowest BCUT2D eigenvalue weighted by Gasteiger charge is -2.29. The molecule has 0 aromatic heterocycles. The van der Waals surface area contributed by atoms with Crippen LogP contribution in [-0.4, -0.2) is 41.1 Å². The minimum Gasteiger partial charge on any atom is -0.480 e. The van der Waals surface area contributed by atoms with E-state index in [0.717, 1.165) is 6.54 Å². The van der Waals surface area contributed by atoms with Crippen molar-refractivity contribution in [2.45, 2.75) is 63.5 Å². The van der Waals surface area contributed by atoms with Gasteiger partial charge >= 0.3 is 5.97 Å². The Labute approximate surface area is 104 Å². The number of aliphatic carboxylic acids is 1. The highest BCUT2D eigenvalue weighted by Gasteiger charge is 2.28. The summed E-state index contributed by atoms with van der Waals surface area (Å²) in [7, 11) is 2.09. The number of rotatable bonds is 5. The van der Waals surface area contributed by atoms with Gasteiger partial charge in [0.15, 0.2) is 0 Å². The van der Waals surface area contributed by atoms with Gasteiger partial charge in [0.25, 0.3) is 0 Å². The number of carbonyl (C=O) groups is 1. The Hall–Kier alpha value is -0.610. The Morgan fingerprint density at radius 1 is 1.35 bits per heavy atom. The standard InChI is InChI=1S/C13H26N2O2/c1-13(14,12(16)17)9-10-15(2)11-7-5-3-4-6-8-11/h11H,3-10,14H2,1-2H3,(H,16,17). The van der Waals surface area contributed by atoms with Crippen molar-refractivity contribution >= 4 is 5.97 Å². The average molecular weight is 242 g/mol. The first-order chi connectivity index (χ1) is 7.93. The number of carboxylic acid groups (broad SMARTS) is 1. The first kappa shape index (κ1) is 14.5. The van der Waals surface area contributed by atoms with E-state index in [4.69, 9.17) is 10.8 Å². The van der Waals surface area contributed by atoms with Crippen LogP contribution in [0, 0.1) is 0 Å². The van der Waals surface area contributed by atoms with Crippen molar-refractivity contribution in [2.24, 2.45) is 5.73 Å². The second-order valence-electron chi connectivity index (χ2n) is 5.60. The highest BCUT2D eigenvalue weighted by atomic mass is 16.4. The fraction of sp³-hybridized carbons (Fsp3) is 0.923. The molecule has 0 amide bonds. The molecule has 3 N–H and O–H groups in total. The van der Waals surface area contributed by atoms with Gasteiger partial charge in [-0.3, -0.25) is 4.79 Å². The Morgan fingerprint density at radius 2 is 1.88 bits per heavy atom. The molecular weight excluding hydrogens is 216 g/mol. The lowest BCUT2D eigenvalue weighted by atomic mass is 9.98. The predicted octanol–water partition coefficient (Wildman–Crippen LogP) is 1.83. The zero-order valence-corrected chi connectivity index (χ0v) is 11.1. The van der Waals surface area contributed by atoms with Crippen molar-refractivity contribution in [3.8, 4) is 0 Å². The van der Waals surface area contributed by atoms with Gasteiger partial charge in [0.05, 0.1) is 0 Å². The molecule has 0 radical (unpaired) electrons. The molecule has 0 bridgehead atoms. The number of carboxylic acids is 1. The van der Waals surface area contributed by atoms with Gasteiger partial charge in [-0.2, -0.15) is 0 Å². The van der Waals surface area contributed by atoms with Crippen LogP contribution in [0.25, 0.3) is 0 Å². The van der Waals surface area contributed by atoms with E-state index in [1.165, 1.54) is 38.5 Å². The Morgan fingerprint density at radius 3 is 2.35 bits per heavy atom. The molecule has 1 fully saturated rings. The fourth-order valence-electron chi connectivity index (χ4n) is 2.40. The molecule has 4 nitrogen and oxygen atoms in total. The van der Waals surface area contributed by atoms with Crippen molar-refractivity contribution in [3.05, 3.63) is 0 Å². The van der Waals surface area contributed by atoms with Crippen molar-refractivity contribution in [3.63, 3.8) is 0 Å². The van der Waals surface area contributed by atoms with E-state index in [1.807, 2.05) is 0 Å². The molecule has 1 rings (SSSR count). The quantitative estimate of drug-likeness (QED) is 0.722. The molecule has 1 aliphatic carbocycles. The normalized spacial score (nSPS) is 22.1. The average Bonchev–Trinajstić information content (AvgIpc) is 2.54. The summed E-state index contributed by atoms with van der Waals surface area (Å²) in [4.78, 5) is 13.2. The molecular formula is C13H26N2O2. The fourth-order valence-corrected chi connectivity index (χ4v) is 2.40. The maximum Gasteiger partial charge on any atom is 0.323 e. The van der Waals surface area contributed by atoms with Gasteiger partial charge in [0.1, 0.15) is 5.54 Å². The summed E-state index contributed by atoms with van der Waals surface area (Å²) in [5, 5.41) is 8.97. The van der Waals surface area contributed by atoms with Crippen LogP contribution < -0.4 is 5.73 Å². The third-order valence-electron chi connectivity index (χ3n) is 3.92. The number of nitrogens with two attached hydrogens (primary N) is 1. The molecule has 17 heavy (non-hydrogen) atoms. The van der Waals surface area contributed by atoms with E-state index in [1.54, 1.807) is 6.92 Å². The Kier molecular flexibility index (Phi) is 5.40. The predicted molar refractivity (Wildman–Crippen MR) is 69.0 cm³/mol. The SMILES string of the molecule is CN(CCC(C)(N)C(=O)O)C1CCCCCC1. The van der Waals surface area contributed by atoms with Gasteiger partial charge in [-0.05, 0) is 33.2 Å². The second kappa shape index (κ2) is 6.36. The molecule has 4 heteroatoms. The maximum absolute atomic E-state index is 10.9. The Bertz CT molecular complexity index is 246. The van der Waals surface area contributed by atoms with Crippen LogP contribution in [0.5, 0.6) is 0 Å². The van der Waals surface area contributed by atoms with Crippen LogP contribution in [0.15, 0.2) is 0 Å². The minimum absolute atomic E-state index is 0.509. The highest BCUT2D eigenvalue weighted by molar-refractivity contribution is 5.77. The molecule has 0 heterocycles. The summed E-state index contributed by atoms with van der Waals surface area (Å²) in [6.45, 7) is 2.36. The maximum atomic E-state index is 10.9. The zero-order chi connectivity index (χ0) is 12.9. The van der Waals surface area contributed by atoms with E-state index >= 15 is 0 Å². The summed E-state index contributed by atoms with van der Waals surface area (Å²) in [6.07, 6.45) is 8.27. The van der Waals surface area contributed by atoms with Crippen molar-refractivity contribution < 1.29 is 9.90 Å². The monoisotopic (exact) mass is 242 g/mol. The first-order valence-electron chi connectivity index (χ1n) is 6.66. The summed E-state index contributed by atoms with van der Waals surface area (Å²) < 4.78 is 0. The third-order valence-corrected chi connectivity index (χ3v) is 3.92. The molecule has 0 aromatic rings. The molecule has 1 unspecified atom stereocenters. The van der Waals surface area contributed by atoms with Gasteiger partial charge in [-0.25, -0.2) is 0 Å². The number of hydrogen-bond acceptors (Lipinski definition) is 3. The molecule has 1 saturated carbocycles. The molecule has 0 aromatic carbocycles. The first-order valence-corrected chi connectivity index (χ1v) is 6.66. The van der Waals surface area contributed by atoms with Gasteiger partial charge in [0, 0.05) is 12.6 Å². The van der Waals surface area contributed by atoms with Crippen molar-refractivity contribution in [1.82, 2.24) is 4.90 Å². The Balaban J connectivity index is 2.37. The van der Waals surface area contributed by atoms with Crippen LogP contribution in [0.4, 0.5) is 0 Å². The second-order valence-corrected chi connectivity index (χ2v) is 5.60. The van der Waals surface area contributed by atoms with Crippen LogP contribution >= 0.6 is 0 Å². The molecule has 0 spiro atoms. The molecule has 0 aliphatic heterocycles. The van der Waals surface area contributed by atoms with Crippen LogP contribution in [-0.2, 0) is 4.79 Å². The van der Waals surface area contributed by atoms with E-state index in [2.05, 4.69) is 11.9 Å². The van der Waals surface area contributed by atoms with E-state index in [-0.39, 0.29) is 0 Å². The smallest absolute Gasteiger partial charge is 0.323 e. The van der Waals surface area contributed by atoms with E-state index in [0.29, 0.717) is 12.5 Å². The molecule has 1 atom stereocenters. The molecule has 0 saturated heterocycles. The van der Waals surface area contributed by atoms with Crippen molar-refractivity contribution in [1.29, 1.82) is 0 Å². The van der Waals surface area contributed by atoms with E-state index in [9.17, 15) is 4.79 Å². The summed E-state index contributed by atoms with van der Waals surface area (Å²) >= 11 is 0. The highest BCUT2D eigenvalue weighted by Crippen LogP contribution is 2.21. The topological polar surface area (TPSA) is 66.6 Å². The lowest BCUT2D eigenvalue weighted by Crippen LogP contribution is -2.48. The third kappa shape index (κ3) is 4.64. The van der Waals surface area contributed by atoms with Gasteiger partial charge < -0.3 is 15.7 Å². The largest absolute Gasteiger partial charge is 0.480 e. The lowest BCUT2D eigenvalue weighted by molar-refractivity contribution is -0.143. The van der Waals surface area contributed by atoms with Gasteiger partial charge in [0.2, 0.25) is 0 Å². The minimum atomic E-state index is -1.10. The summed E-state index contributed by atoms with van der Waals surface area (Å²) in [6, 6.07) is 0.613. The number of nitrogens with zero attached hydrogens (tertiary/aromatic N) is 1. The zero-order valence-electron chi connectivity index (χ0n) is 11.1. The van der Waals surface area contributed by atoms with Crippen LogP contribution in [0.3, 0.4) is 0 Å². The summed E-state index contributed by atoms with van der Waals surface area (Å²) in [5.74, 6) is -0.910. The molecule has 1 aliphatic rings. The van der Waals surface area contributed by atoms with E-state index < -0.39 is 11.5 Å². The summed E-state index contributed by atoms with van der Waals surface area (Å²) in [5.41, 5.74) is 4.64. The van der Waals surface area contributed by atoms with Crippen LogP contribution in [0.1, 0.15) is 51.9 Å². The van der Waals surface area contributed by atoms with Crippen LogP contribution in [0.2, 0.25) is 0 Å². The van der Waals surface area contributed by atoms with Gasteiger partial charge in [-0.1, -0.05) is 25.7 Å². The van der Waals surface area contributed by atoms with Gasteiger partial charge in [-0.15, -0.1) is 0 Å². The van der Waals surface area contributed by atoms with Crippen molar-refractivity contribution in [2.75, 3.05) is 13.6 Å². The number of hydrogen-bond donors (Lipinski definition) is 2.